The predicted octanol–water partition coefficient (Wildman–Crippen LogP) is 4.08. The summed E-state index contributed by atoms with van der Waals surface area (Å²) in [6, 6.07) is 15.3. The van der Waals surface area contributed by atoms with Crippen molar-refractivity contribution in [3.05, 3.63) is 65.4 Å². The number of alkyl carbamates (subject to hydrolysis) is 1. The van der Waals surface area contributed by atoms with Crippen LogP contribution in [0.5, 0.6) is 0 Å². The van der Waals surface area contributed by atoms with E-state index in [9.17, 15) is 9.59 Å². The number of aromatic nitrogens is 2. The van der Waals surface area contributed by atoms with Crippen LogP contribution >= 0.6 is 11.6 Å². The van der Waals surface area contributed by atoms with Crippen LogP contribution in [0.2, 0.25) is 5.02 Å². The maximum atomic E-state index is 13.6. The highest BCUT2D eigenvalue weighted by Gasteiger charge is 2.29. The van der Waals surface area contributed by atoms with E-state index < -0.39 is 17.8 Å². The lowest BCUT2D eigenvalue weighted by molar-refractivity contribution is -0.144. The van der Waals surface area contributed by atoms with Crippen LogP contribution < -0.4 is 10.2 Å². The van der Waals surface area contributed by atoms with Gasteiger partial charge in [-0.25, -0.2) is 14.8 Å². The molecule has 0 spiro atoms. The standard InChI is InChI=1S/C28H34ClN5O4/c1-28(2,3)38-27(36)30-12-17-37-24(18-20-8-10-21(29)11-9-20)26(35)34-15-13-33(14-16-34)25-22-6-4-5-7-23(22)31-19-32-25/h4-11,19,24H,12-18H2,1-3H3,(H,30,36). The number of halogens is 1. The predicted molar refractivity (Wildman–Crippen MR) is 147 cm³/mol. The molecule has 0 saturated carbocycles. The molecule has 1 saturated heterocycles. The van der Waals surface area contributed by atoms with E-state index in [1.165, 1.54) is 0 Å². The molecule has 1 aromatic heterocycles. The van der Waals surface area contributed by atoms with Crippen molar-refractivity contribution in [2.24, 2.45) is 0 Å². The maximum absolute atomic E-state index is 13.6. The minimum absolute atomic E-state index is 0.0792. The summed E-state index contributed by atoms with van der Waals surface area (Å²) >= 11 is 6.04. The molecule has 0 aliphatic carbocycles. The van der Waals surface area contributed by atoms with Gasteiger partial charge in [0.1, 0.15) is 23.9 Å². The number of amides is 2. The number of rotatable bonds is 8. The Morgan fingerprint density at radius 3 is 2.45 bits per heavy atom. The Bertz CT molecular complexity index is 1230. The zero-order valence-electron chi connectivity index (χ0n) is 22.0. The van der Waals surface area contributed by atoms with Crippen LogP contribution in [0.4, 0.5) is 10.6 Å². The van der Waals surface area contributed by atoms with Crippen molar-refractivity contribution in [2.75, 3.05) is 44.2 Å². The third-order valence-electron chi connectivity index (χ3n) is 6.11. The number of hydrogen-bond donors (Lipinski definition) is 1. The number of piperazine rings is 1. The molecular formula is C28H34ClN5O4. The number of para-hydroxylation sites is 1. The SMILES string of the molecule is CC(C)(C)OC(=O)NCCOC(Cc1ccc(Cl)cc1)C(=O)N1CCN(c2ncnc3ccccc23)CC1. The van der Waals surface area contributed by atoms with Gasteiger partial charge < -0.3 is 24.6 Å². The van der Waals surface area contributed by atoms with Crippen molar-refractivity contribution < 1.29 is 19.1 Å². The Kier molecular flexibility index (Phi) is 9.01. The van der Waals surface area contributed by atoms with E-state index in [2.05, 4.69) is 20.2 Å². The average molecular weight is 540 g/mol. The molecule has 4 rings (SSSR count). The first kappa shape index (κ1) is 27.6. The van der Waals surface area contributed by atoms with E-state index in [0.29, 0.717) is 37.6 Å². The van der Waals surface area contributed by atoms with Crippen molar-refractivity contribution in [1.29, 1.82) is 0 Å². The molecule has 0 bridgehead atoms. The number of fused-ring (bicyclic) bond motifs is 1. The van der Waals surface area contributed by atoms with Gasteiger partial charge in [-0.2, -0.15) is 0 Å². The van der Waals surface area contributed by atoms with Crippen molar-refractivity contribution in [1.82, 2.24) is 20.2 Å². The Morgan fingerprint density at radius 2 is 1.74 bits per heavy atom. The summed E-state index contributed by atoms with van der Waals surface area (Å²) in [6.07, 6.45) is 0.772. The van der Waals surface area contributed by atoms with Crippen LogP contribution in [0.1, 0.15) is 26.3 Å². The van der Waals surface area contributed by atoms with Crippen LogP contribution in [-0.2, 0) is 20.7 Å². The largest absolute Gasteiger partial charge is 0.444 e. The normalized spacial score (nSPS) is 14.8. The molecule has 1 N–H and O–H groups in total. The topological polar surface area (TPSA) is 96.9 Å². The van der Waals surface area contributed by atoms with Crippen LogP contribution in [0.15, 0.2) is 54.9 Å². The molecule has 1 aliphatic rings. The monoisotopic (exact) mass is 539 g/mol. The second-order valence-corrected chi connectivity index (χ2v) is 10.6. The number of hydrogen-bond acceptors (Lipinski definition) is 7. The summed E-state index contributed by atoms with van der Waals surface area (Å²) in [7, 11) is 0. The fourth-order valence-electron chi connectivity index (χ4n) is 4.31. The highest BCUT2D eigenvalue weighted by atomic mass is 35.5. The number of ether oxygens (including phenoxy) is 2. The molecule has 202 valence electrons. The van der Waals surface area contributed by atoms with Crippen LogP contribution in [-0.4, -0.2) is 77.9 Å². The summed E-state index contributed by atoms with van der Waals surface area (Å²) in [6.45, 7) is 8.22. The molecule has 1 aliphatic heterocycles. The van der Waals surface area contributed by atoms with E-state index in [1.807, 2.05) is 41.3 Å². The smallest absolute Gasteiger partial charge is 0.407 e. The first-order valence-electron chi connectivity index (χ1n) is 12.8. The lowest BCUT2D eigenvalue weighted by Gasteiger charge is -2.37. The molecule has 10 heteroatoms. The van der Waals surface area contributed by atoms with Gasteiger partial charge in [-0.1, -0.05) is 35.9 Å². The fraction of sp³-hybridized carbons (Fsp3) is 0.429. The first-order chi connectivity index (χ1) is 18.2. The van der Waals surface area contributed by atoms with Crippen molar-refractivity contribution >= 4 is 40.3 Å². The zero-order valence-corrected chi connectivity index (χ0v) is 22.8. The molecule has 38 heavy (non-hydrogen) atoms. The molecule has 2 amide bonds. The van der Waals surface area contributed by atoms with Crippen molar-refractivity contribution in [3.8, 4) is 0 Å². The highest BCUT2D eigenvalue weighted by Crippen LogP contribution is 2.24. The van der Waals surface area contributed by atoms with Gasteiger partial charge in [0.2, 0.25) is 0 Å². The number of carbonyl (C=O) groups excluding carboxylic acids is 2. The Labute approximate surface area is 228 Å². The molecular weight excluding hydrogens is 506 g/mol. The van der Waals surface area contributed by atoms with Crippen molar-refractivity contribution in [3.63, 3.8) is 0 Å². The fourth-order valence-corrected chi connectivity index (χ4v) is 4.43. The van der Waals surface area contributed by atoms with E-state index in [-0.39, 0.29) is 19.1 Å². The quantitative estimate of drug-likeness (QED) is 0.431. The molecule has 0 radical (unpaired) electrons. The van der Waals surface area contributed by atoms with Gasteiger partial charge >= 0.3 is 6.09 Å². The van der Waals surface area contributed by atoms with Gasteiger partial charge in [-0.15, -0.1) is 0 Å². The van der Waals surface area contributed by atoms with Crippen LogP contribution in [0.25, 0.3) is 10.9 Å². The third kappa shape index (κ3) is 7.55. The Hall–Kier alpha value is -3.43. The second-order valence-electron chi connectivity index (χ2n) is 10.1. The molecule has 2 heterocycles. The Morgan fingerprint density at radius 1 is 1.03 bits per heavy atom. The second kappa shape index (κ2) is 12.4. The molecule has 1 atom stereocenters. The van der Waals surface area contributed by atoms with Crippen molar-refractivity contribution in [2.45, 2.75) is 38.9 Å². The maximum Gasteiger partial charge on any atom is 0.407 e. The number of benzene rings is 2. The number of nitrogens with one attached hydrogen (secondary N) is 1. The molecule has 3 aromatic rings. The van der Waals surface area contributed by atoms with E-state index in [4.69, 9.17) is 21.1 Å². The van der Waals surface area contributed by atoms with E-state index in [0.717, 1.165) is 22.3 Å². The first-order valence-corrected chi connectivity index (χ1v) is 13.1. The van der Waals surface area contributed by atoms with E-state index >= 15 is 0 Å². The zero-order chi connectivity index (χ0) is 27.1. The van der Waals surface area contributed by atoms with E-state index in [1.54, 1.807) is 39.2 Å². The minimum atomic E-state index is -0.692. The van der Waals surface area contributed by atoms with Gasteiger partial charge in [0.05, 0.1) is 12.1 Å². The van der Waals surface area contributed by atoms with Gasteiger partial charge in [0, 0.05) is 49.6 Å². The van der Waals surface area contributed by atoms with Gasteiger partial charge in [0.25, 0.3) is 5.91 Å². The minimum Gasteiger partial charge on any atom is -0.444 e. The number of nitrogens with zero attached hydrogens (tertiary/aromatic N) is 4. The summed E-state index contributed by atoms with van der Waals surface area (Å²) in [5, 5.41) is 4.30. The lowest BCUT2D eigenvalue weighted by atomic mass is 10.1. The summed E-state index contributed by atoms with van der Waals surface area (Å²) in [5.74, 6) is 0.800. The molecule has 2 aromatic carbocycles. The highest BCUT2D eigenvalue weighted by molar-refractivity contribution is 6.30. The number of carbonyl (C=O) groups is 2. The summed E-state index contributed by atoms with van der Waals surface area (Å²) in [5.41, 5.74) is 1.25. The summed E-state index contributed by atoms with van der Waals surface area (Å²) in [4.78, 5) is 38.4. The Balaban J connectivity index is 1.37. The number of anilines is 1. The summed E-state index contributed by atoms with van der Waals surface area (Å²) < 4.78 is 11.3. The third-order valence-corrected chi connectivity index (χ3v) is 6.36. The van der Waals surface area contributed by atoms with Gasteiger partial charge in [0.15, 0.2) is 0 Å². The average Bonchev–Trinajstić information content (AvgIpc) is 2.90. The molecule has 1 fully saturated rings. The van der Waals surface area contributed by atoms with Gasteiger partial charge in [-0.05, 0) is 50.6 Å². The van der Waals surface area contributed by atoms with Crippen LogP contribution in [0.3, 0.4) is 0 Å². The van der Waals surface area contributed by atoms with Gasteiger partial charge in [-0.3, -0.25) is 4.79 Å². The molecule has 1 unspecified atom stereocenters. The lowest BCUT2D eigenvalue weighted by Crippen LogP contribution is -2.52. The van der Waals surface area contributed by atoms with Crippen LogP contribution in [0, 0.1) is 0 Å². The molecule has 9 nitrogen and oxygen atoms in total.